The van der Waals surface area contributed by atoms with Crippen molar-refractivity contribution in [2.45, 2.75) is 12.0 Å². The van der Waals surface area contributed by atoms with Crippen LogP contribution in [0.5, 0.6) is 0 Å². The van der Waals surface area contributed by atoms with Crippen LogP contribution in [0, 0.1) is 0 Å². The Morgan fingerprint density at radius 3 is 2.76 bits per heavy atom. The van der Waals surface area contributed by atoms with Gasteiger partial charge in [-0.05, 0) is 23.1 Å². The molecule has 0 amide bonds. The Balaban J connectivity index is 2.12. The zero-order valence-electron chi connectivity index (χ0n) is 9.76. The molecule has 0 unspecified atom stereocenters. The van der Waals surface area contributed by atoms with Crippen molar-refractivity contribution in [3.05, 3.63) is 52.2 Å². The van der Waals surface area contributed by atoms with Crippen LogP contribution in [0.2, 0.25) is 0 Å². The van der Waals surface area contributed by atoms with Crippen molar-refractivity contribution in [2.24, 2.45) is 0 Å². The maximum absolute atomic E-state index is 9.90. The topological polar surface area (TPSA) is 23.5 Å². The lowest BCUT2D eigenvalue weighted by Gasteiger charge is -2.35. The number of aliphatic hydroxyl groups excluding tert-OH is 1. The quantitative estimate of drug-likeness (QED) is 0.879. The van der Waals surface area contributed by atoms with Crippen molar-refractivity contribution < 1.29 is 5.11 Å². The summed E-state index contributed by atoms with van der Waals surface area (Å²) in [5.74, 6) is 0. The van der Waals surface area contributed by atoms with Crippen molar-refractivity contribution in [2.75, 3.05) is 18.6 Å². The molecular weight excluding hydrogens is 230 g/mol. The Kier molecular flexibility index (Phi) is 2.45. The van der Waals surface area contributed by atoms with Gasteiger partial charge in [0.2, 0.25) is 0 Å². The number of benzene rings is 1. The Labute approximate surface area is 105 Å². The molecule has 1 N–H and O–H groups in total. The lowest BCUT2D eigenvalue weighted by atomic mass is 9.93. The van der Waals surface area contributed by atoms with Gasteiger partial charge in [-0.15, -0.1) is 11.3 Å². The fourth-order valence-electron chi connectivity index (χ4n) is 2.69. The summed E-state index contributed by atoms with van der Waals surface area (Å²) >= 11 is 1.72. The third-order valence-electron chi connectivity index (χ3n) is 3.72. The predicted octanol–water partition coefficient (Wildman–Crippen LogP) is 2.63. The standard InChI is InChI=1S/C14H15NOS/c1-15-12-6-3-2-5-11(12)9-14(15,10-16)13-7-4-8-17-13/h2-8,16H,9-10H2,1H3/t14-/m1/s1. The number of thiophene rings is 1. The van der Waals surface area contributed by atoms with E-state index >= 15 is 0 Å². The average molecular weight is 245 g/mol. The molecule has 2 aromatic rings. The maximum atomic E-state index is 9.90. The van der Waals surface area contributed by atoms with E-state index in [-0.39, 0.29) is 12.1 Å². The molecule has 0 bridgehead atoms. The smallest absolute Gasteiger partial charge is 0.101 e. The highest BCUT2D eigenvalue weighted by atomic mass is 32.1. The zero-order valence-corrected chi connectivity index (χ0v) is 10.6. The first-order valence-corrected chi connectivity index (χ1v) is 6.62. The number of likely N-dealkylation sites (N-methyl/N-ethyl adjacent to an activating group) is 1. The summed E-state index contributed by atoms with van der Waals surface area (Å²) in [6.45, 7) is 0.151. The van der Waals surface area contributed by atoms with Gasteiger partial charge in [-0.2, -0.15) is 0 Å². The van der Waals surface area contributed by atoms with Crippen molar-refractivity contribution in [1.29, 1.82) is 0 Å². The highest BCUT2D eigenvalue weighted by molar-refractivity contribution is 7.10. The van der Waals surface area contributed by atoms with Crippen LogP contribution in [-0.2, 0) is 12.0 Å². The summed E-state index contributed by atoms with van der Waals surface area (Å²) in [7, 11) is 2.07. The Morgan fingerprint density at radius 2 is 2.12 bits per heavy atom. The van der Waals surface area contributed by atoms with Crippen LogP contribution in [0.25, 0.3) is 0 Å². The van der Waals surface area contributed by atoms with E-state index in [0.717, 1.165) is 6.42 Å². The molecule has 2 nitrogen and oxygen atoms in total. The number of rotatable bonds is 2. The van der Waals surface area contributed by atoms with Crippen molar-refractivity contribution in [1.82, 2.24) is 0 Å². The largest absolute Gasteiger partial charge is 0.394 e. The van der Waals surface area contributed by atoms with Crippen LogP contribution in [-0.4, -0.2) is 18.8 Å². The normalized spacial score (nSPS) is 22.8. The molecule has 3 rings (SSSR count). The molecule has 17 heavy (non-hydrogen) atoms. The first-order chi connectivity index (χ1) is 8.28. The Hall–Kier alpha value is -1.32. The summed E-state index contributed by atoms with van der Waals surface area (Å²) in [6, 6.07) is 12.6. The highest BCUT2D eigenvalue weighted by Gasteiger charge is 2.43. The van der Waals surface area contributed by atoms with E-state index in [4.69, 9.17) is 0 Å². The molecule has 1 aliphatic rings. The minimum Gasteiger partial charge on any atom is -0.394 e. The monoisotopic (exact) mass is 245 g/mol. The van der Waals surface area contributed by atoms with Crippen LogP contribution >= 0.6 is 11.3 Å². The summed E-state index contributed by atoms with van der Waals surface area (Å²) in [5, 5.41) is 12.0. The highest BCUT2D eigenvalue weighted by Crippen LogP contribution is 2.44. The molecular formula is C14H15NOS. The molecule has 0 saturated heterocycles. The molecule has 1 aromatic carbocycles. The van der Waals surface area contributed by atoms with Crippen LogP contribution in [0.15, 0.2) is 41.8 Å². The molecule has 0 saturated carbocycles. The second kappa shape index (κ2) is 3.86. The minimum atomic E-state index is -0.266. The van der Waals surface area contributed by atoms with E-state index in [1.165, 1.54) is 16.1 Å². The Bertz CT molecular complexity index is 523. The zero-order chi connectivity index (χ0) is 11.9. The second-order valence-corrected chi connectivity index (χ2v) is 5.48. The van der Waals surface area contributed by atoms with Crippen LogP contribution < -0.4 is 4.90 Å². The predicted molar refractivity (Wildman–Crippen MR) is 71.6 cm³/mol. The van der Waals surface area contributed by atoms with E-state index in [9.17, 15) is 5.11 Å². The van der Waals surface area contributed by atoms with Gasteiger partial charge in [0.05, 0.1) is 6.61 Å². The van der Waals surface area contributed by atoms with E-state index in [1.54, 1.807) is 11.3 Å². The lowest BCUT2D eigenvalue weighted by Crippen LogP contribution is -2.44. The molecule has 2 heterocycles. The van der Waals surface area contributed by atoms with Gasteiger partial charge in [-0.3, -0.25) is 0 Å². The summed E-state index contributed by atoms with van der Waals surface area (Å²) < 4.78 is 0. The lowest BCUT2D eigenvalue weighted by molar-refractivity contribution is 0.200. The maximum Gasteiger partial charge on any atom is 0.101 e. The first-order valence-electron chi connectivity index (χ1n) is 5.74. The van der Waals surface area contributed by atoms with Crippen molar-refractivity contribution in [3.63, 3.8) is 0 Å². The van der Waals surface area contributed by atoms with Crippen molar-refractivity contribution in [3.8, 4) is 0 Å². The molecule has 1 atom stereocenters. The number of para-hydroxylation sites is 1. The third-order valence-corrected chi connectivity index (χ3v) is 4.78. The van der Waals surface area contributed by atoms with Gasteiger partial charge in [0.1, 0.15) is 5.54 Å². The molecule has 1 aliphatic heterocycles. The van der Waals surface area contributed by atoms with Gasteiger partial charge in [0, 0.05) is 24.0 Å². The molecule has 0 fully saturated rings. The number of nitrogens with zero attached hydrogens (tertiary/aromatic N) is 1. The third kappa shape index (κ3) is 1.43. The summed E-state index contributed by atoms with van der Waals surface area (Å²) in [6.07, 6.45) is 0.886. The SMILES string of the molecule is CN1c2ccccc2C[C@@]1(CO)c1cccs1. The van der Waals surface area contributed by atoms with E-state index in [0.29, 0.717) is 0 Å². The van der Waals surface area contributed by atoms with Gasteiger partial charge >= 0.3 is 0 Å². The molecule has 0 spiro atoms. The first kappa shape index (κ1) is 10.8. The number of anilines is 1. The second-order valence-electron chi connectivity index (χ2n) is 4.53. The number of fused-ring (bicyclic) bond motifs is 1. The van der Waals surface area contributed by atoms with E-state index < -0.39 is 0 Å². The minimum absolute atomic E-state index is 0.151. The molecule has 0 radical (unpaired) electrons. The molecule has 88 valence electrons. The van der Waals surface area contributed by atoms with Crippen molar-refractivity contribution >= 4 is 17.0 Å². The van der Waals surface area contributed by atoms with Gasteiger partial charge in [-0.25, -0.2) is 0 Å². The van der Waals surface area contributed by atoms with Gasteiger partial charge in [-0.1, -0.05) is 24.3 Å². The molecule has 1 aromatic heterocycles. The van der Waals surface area contributed by atoms with Gasteiger partial charge in [0.25, 0.3) is 0 Å². The number of hydrogen-bond donors (Lipinski definition) is 1. The number of aliphatic hydroxyl groups is 1. The van der Waals surface area contributed by atoms with Crippen LogP contribution in [0.4, 0.5) is 5.69 Å². The van der Waals surface area contributed by atoms with Crippen LogP contribution in [0.1, 0.15) is 10.4 Å². The Morgan fingerprint density at radius 1 is 1.29 bits per heavy atom. The average Bonchev–Trinajstić information content (AvgIpc) is 2.97. The number of hydrogen-bond acceptors (Lipinski definition) is 3. The molecule has 3 heteroatoms. The fourth-order valence-corrected chi connectivity index (χ4v) is 3.64. The van der Waals surface area contributed by atoms with E-state index in [2.05, 4.69) is 47.7 Å². The summed E-state index contributed by atoms with van der Waals surface area (Å²) in [5.41, 5.74) is 2.28. The van der Waals surface area contributed by atoms with Gasteiger partial charge in [0.15, 0.2) is 0 Å². The fraction of sp³-hybridized carbons (Fsp3) is 0.286. The van der Waals surface area contributed by atoms with E-state index in [1.807, 2.05) is 6.07 Å². The van der Waals surface area contributed by atoms with Gasteiger partial charge < -0.3 is 10.0 Å². The summed E-state index contributed by atoms with van der Waals surface area (Å²) in [4.78, 5) is 3.45. The molecule has 0 aliphatic carbocycles. The van der Waals surface area contributed by atoms with Crippen LogP contribution in [0.3, 0.4) is 0 Å².